The number of aromatic nitrogens is 4. The lowest BCUT2D eigenvalue weighted by molar-refractivity contribution is 1.07. The third-order valence-corrected chi connectivity index (χ3v) is 2.92. The van der Waals surface area contributed by atoms with E-state index < -0.39 is 0 Å². The Labute approximate surface area is 110 Å². The summed E-state index contributed by atoms with van der Waals surface area (Å²) in [5.74, 6) is 1.04. The molecule has 0 radical (unpaired) electrons. The number of nitrogens with zero attached hydrogens (tertiary/aromatic N) is 3. The summed E-state index contributed by atoms with van der Waals surface area (Å²) in [6.07, 6.45) is 3.39. The van der Waals surface area contributed by atoms with Gasteiger partial charge >= 0.3 is 0 Å². The van der Waals surface area contributed by atoms with Gasteiger partial charge < -0.3 is 5.73 Å². The van der Waals surface area contributed by atoms with Gasteiger partial charge in [0.05, 0.1) is 5.56 Å². The Hall–Kier alpha value is -2.69. The lowest BCUT2D eigenvalue weighted by atomic mass is 10.0. The molecule has 0 spiro atoms. The zero-order valence-corrected chi connectivity index (χ0v) is 10.5. The molecule has 2 aromatic heterocycles. The summed E-state index contributed by atoms with van der Waals surface area (Å²) in [7, 11) is 0. The normalized spacial score (nSPS) is 10.6. The Balaban J connectivity index is 2.17. The third-order valence-electron chi connectivity index (χ3n) is 2.92. The fraction of sp³-hybridized carbons (Fsp3) is 0.0714. The molecule has 0 aliphatic carbocycles. The second-order valence-corrected chi connectivity index (χ2v) is 4.30. The smallest absolute Gasteiger partial charge is 0.178 e. The van der Waals surface area contributed by atoms with Crippen molar-refractivity contribution < 1.29 is 0 Å². The number of H-pyrrole nitrogens is 1. The molecular formula is C14H13N5. The predicted octanol–water partition coefficient (Wildman–Crippen LogP) is 2.42. The Morgan fingerprint density at radius 1 is 1.05 bits per heavy atom. The van der Waals surface area contributed by atoms with Crippen molar-refractivity contribution in [3.63, 3.8) is 0 Å². The summed E-state index contributed by atoms with van der Waals surface area (Å²) in [6, 6.07) is 9.88. The average molecular weight is 251 g/mol. The van der Waals surface area contributed by atoms with Gasteiger partial charge in [0.15, 0.2) is 11.6 Å². The average Bonchev–Trinajstić information content (AvgIpc) is 2.83. The van der Waals surface area contributed by atoms with Crippen LogP contribution >= 0.6 is 0 Å². The van der Waals surface area contributed by atoms with Gasteiger partial charge in [-0.2, -0.15) is 5.10 Å². The fourth-order valence-electron chi connectivity index (χ4n) is 1.96. The molecular weight excluding hydrogens is 238 g/mol. The highest BCUT2D eigenvalue weighted by atomic mass is 15.2. The van der Waals surface area contributed by atoms with E-state index in [1.807, 2.05) is 31.2 Å². The van der Waals surface area contributed by atoms with Crippen molar-refractivity contribution in [2.75, 3.05) is 5.73 Å². The quantitative estimate of drug-likeness (QED) is 0.733. The first-order valence-electron chi connectivity index (χ1n) is 5.94. The second-order valence-electron chi connectivity index (χ2n) is 4.30. The van der Waals surface area contributed by atoms with Crippen LogP contribution in [0.1, 0.15) is 5.56 Å². The first kappa shape index (κ1) is 11.4. The highest BCUT2D eigenvalue weighted by Crippen LogP contribution is 2.32. The highest BCUT2D eigenvalue weighted by molar-refractivity contribution is 5.85. The zero-order chi connectivity index (χ0) is 13.2. The molecule has 0 aliphatic rings. The number of nitrogen functional groups attached to an aromatic ring is 1. The minimum atomic E-state index is 0.450. The second kappa shape index (κ2) is 4.53. The Bertz CT molecular complexity index is 686. The van der Waals surface area contributed by atoms with Crippen molar-refractivity contribution in [3.05, 3.63) is 48.3 Å². The molecule has 5 nitrogen and oxygen atoms in total. The van der Waals surface area contributed by atoms with E-state index in [1.165, 1.54) is 5.56 Å². The van der Waals surface area contributed by atoms with Crippen LogP contribution in [0.2, 0.25) is 0 Å². The van der Waals surface area contributed by atoms with E-state index in [4.69, 9.17) is 5.73 Å². The fourth-order valence-corrected chi connectivity index (χ4v) is 1.96. The predicted molar refractivity (Wildman–Crippen MR) is 74.2 cm³/mol. The number of anilines is 1. The first-order valence-corrected chi connectivity index (χ1v) is 5.94. The van der Waals surface area contributed by atoms with Crippen molar-refractivity contribution in [2.24, 2.45) is 0 Å². The van der Waals surface area contributed by atoms with Crippen LogP contribution in [0.5, 0.6) is 0 Å². The van der Waals surface area contributed by atoms with Crippen LogP contribution in [0.4, 0.5) is 5.82 Å². The topological polar surface area (TPSA) is 80.5 Å². The van der Waals surface area contributed by atoms with Gasteiger partial charge in [0, 0.05) is 12.4 Å². The Morgan fingerprint density at radius 3 is 2.42 bits per heavy atom. The van der Waals surface area contributed by atoms with Gasteiger partial charge in [0.2, 0.25) is 0 Å². The van der Waals surface area contributed by atoms with Crippen molar-refractivity contribution in [1.29, 1.82) is 0 Å². The zero-order valence-electron chi connectivity index (χ0n) is 10.5. The van der Waals surface area contributed by atoms with Crippen molar-refractivity contribution in [2.45, 2.75) is 6.92 Å². The van der Waals surface area contributed by atoms with Crippen LogP contribution in [0.15, 0.2) is 42.7 Å². The summed E-state index contributed by atoms with van der Waals surface area (Å²) in [4.78, 5) is 8.46. The van der Waals surface area contributed by atoms with Crippen LogP contribution in [0, 0.1) is 6.92 Å². The molecule has 0 fully saturated rings. The molecule has 0 saturated carbocycles. The van der Waals surface area contributed by atoms with E-state index >= 15 is 0 Å². The van der Waals surface area contributed by atoms with Gasteiger partial charge in [0.1, 0.15) is 5.69 Å². The number of hydrogen-bond acceptors (Lipinski definition) is 4. The summed E-state index contributed by atoms with van der Waals surface area (Å²) in [5, 5.41) is 6.97. The summed E-state index contributed by atoms with van der Waals surface area (Å²) >= 11 is 0. The molecule has 0 bridgehead atoms. The molecule has 0 atom stereocenters. The van der Waals surface area contributed by atoms with Gasteiger partial charge in [-0.1, -0.05) is 29.8 Å². The molecule has 2 heterocycles. The highest BCUT2D eigenvalue weighted by Gasteiger charge is 2.16. The Morgan fingerprint density at radius 2 is 1.74 bits per heavy atom. The summed E-state index contributed by atoms with van der Waals surface area (Å²) in [5.41, 5.74) is 9.72. The first-order chi connectivity index (χ1) is 9.25. The Kier molecular flexibility index (Phi) is 2.72. The maximum atomic E-state index is 5.95. The monoisotopic (exact) mass is 251 g/mol. The van der Waals surface area contributed by atoms with E-state index in [0.717, 1.165) is 16.8 Å². The van der Waals surface area contributed by atoms with Crippen LogP contribution in [0.3, 0.4) is 0 Å². The van der Waals surface area contributed by atoms with Crippen molar-refractivity contribution >= 4 is 5.82 Å². The number of benzene rings is 1. The van der Waals surface area contributed by atoms with Crippen LogP contribution in [0.25, 0.3) is 22.6 Å². The van der Waals surface area contributed by atoms with E-state index in [-0.39, 0.29) is 0 Å². The van der Waals surface area contributed by atoms with Gasteiger partial charge in [-0.05, 0) is 18.6 Å². The van der Waals surface area contributed by atoms with Crippen LogP contribution in [-0.2, 0) is 0 Å². The van der Waals surface area contributed by atoms with Crippen molar-refractivity contribution in [1.82, 2.24) is 20.2 Å². The molecule has 3 N–H and O–H groups in total. The molecule has 94 valence electrons. The van der Waals surface area contributed by atoms with E-state index in [2.05, 4.69) is 20.2 Å². The van der Waals surface area contributed by atoms with Crippen LogP contribution in [-0.4, -0.2) is 20.2 Å². The molecule has 3 aromatic rings. The molecule has 0 amide bonds. The third kappa shape index (κ3) is 2.06. The summed E-state index contributed by atoms with van der Waals surface area (Å²) < 4.78 is 0. The van der Waals surface area contributed by atoms with E-state index in [1.54, 1.807) is 18.5 Å². The van der Waals surface area contributed by atoms with E-state index in [0.29, 0.717) is 11.6 Å². The van der Waals surface area contributed by atoms with Gasteiger partial charge in [-0.15, -0.1) is 0 Å². The number of nitrogens with one attached hydrogen (secondary N) is 1. The standard InChI is InChI=1S/C14H13N5/c1-9-3-5-10(6-4-9)11-12(18-19-13(11)15)14-16-7-2-8-17-14/h2-8H,1H3,(H3,15,18,19). The van der Waals surface area contributed by atoms with Gasteiger partial charge in [0.25, 0.3) is 0 Å². The summed E-state index contributed by atoms with van der Waals surface area (Å²) in [6.45, 7) is 2.05. The maximum absolute atomic E-state index is 5.95. The lowest BCUT2D eigenvalue weighted by Gasteiger charge is -2.04. The molecule has 0 unspecified atom stereocenters. The van der Waals surface area contributed by atoms with E-state index in [9.17, 15) is 0 Å². The molecule has 1 aromatic carbocycles. The number of rotatable bonds is 2. The molecule has 0 saturated heterocycles. The number of hydrogen-bond donors (Lipinski definition) is 2. The number of aromatic amines is 1. The molecule has 19 heavy (non-hydrogen) atoms. The molecule has 5 heteroatoms. The van der Waals surface area contributed by atoms with Gasteiger partial charge in [-0.25, -0.2) is 9.97 Å². The number of nitrogens with two attached hydrogens (primary N) is 1. The molecule has 3 rings (SSSR count). The number of aryl methyl sites for hydroxylation is 1. The largest absolute Gasteiger partial charge is 0.382 e. The lowest BCUT2D eigenvalue weighted by Crippen LogP contribution is -1.91. The minimum Gasteiger partial charge on any atom is -0.382 e. The van der Waals surface area contributed by atoms with Gasteiger partial charge in [-0.3, -0.25) is 5.10 Å². The minimum absolute atomic E-state index is 0.450. The molecule has 0 aliphatic heterocycles. The van der Waals surface area contributed by atoms with Crippen LogP contribution < -0.4 is 5.73 Å². The maximum Gasteiger partial charge on any atom is 0.178 e. The van der Waals surface area contributed by atoms with Crippen molar-refractivity contribution in [3.8, 4) is 22.6 Å². The SMILES string of the molecule is Cc1ccc(-c2c(N)n[nH]c2-c2ncccn2)cc1.